The lowest BCUT2D eigenvalue weighted by atomic mass is 9.99. The Kier molecular flexibility index (Phi) is 3.68. The number of carbonyl (C=O) groups is 1. The highest BCUT2D eigenvalue weighted by Gasteiger charge is 2.30. The van der Waals surface area contributed by atoms with Crippen LogP contribution in [0.3, 0.4) is 0 Å². The summed E-state index contributed by atoms with van der Waals surface area (Å²) in [5.74, 6) is 0.487. The number of fused-ring (bicyclic) bond motifs is 1. The van der Waals surface area contributed by atoms with Crippen LogP contribution in [0.4, 0.5) is 0 Å². The van der Waals surface area contributed by atoms with Gasteiger partial charge in [0.15, 0.2) is 5.69 Å². The smallest absolute Gasteiger partial charge is 0.272 e. The van der Waals surface area contributed by atoms with Gasteiger partial charge in [-0.25, -0.2) is 0 Å². The predicted molar refractivity (Wildman–Crippen MR) is 87.6 cm³/mol. The van der Waals surface area contributed by atoms with Crippen molar-refractivity contribution in [2.45, 2.75) is 57.8 Å². The molecule has 1 aliphatic heterocycles. The van der Waals surface area contributed by atoms with E-state index in [1.807, 2.05) is 25.6 Å². The van der Waals surface area contributed by atoms with E-state index in [0.717, 1.165) is 17.0 Å². The molecular formula is C17H23N5O2. The third-order valence-corrected chi connectivity index (χ3v) is 4.84. The number of aromatic amines is 1. The van der Waals surface area contributed by atoms with Crippen molar-refractivity contribution in [1.29, 1.82) is 0 Å². The van der Waals surface area contributed by atoms with Gasteiger partial charge in [-0.05, 0) is 32.8 Å². The molecule has 0 saturated heterocycles. The van der Waals surface area contributed by atoms with Crippen LogP contribution in [0, 0.1) is 0 Å². The Morgan fingerprint density at radius 3 is 3.00 bits per heavy atom. The zero-order valence-corrected chi connectivity index (χ0v) is 14.3. The van der Waals surface area contributed by atoms with Gasteiger partial charge >= 0.3 is 0 Å². The monoisotopic (exact) mass is 329 g/mol. The van der Waals surface area contributed by atoms with Crippen molar-refractivity contribution in [1.82, 2.24) is 25.3 Å². The highest BCUT2D eigenvalue weighted by Crippen LogP contribution is 2.39. The van der Waals surface area contributed by atoms with Crippen LogP contribution < -0.4 is 5.32 Å². The maximum Gasteiger partial charge on any atom is 0.272 e. The number of H-pyrrole nitrogens is 1. The molecule has 128 valence electrons. The van der Waals surface area contributed by atoms with Crippen LogP contribution in [0.5, 0.6) is 0 Å². The Hall–Kier alpha value is -2.15. The average Bonchev–Trinajstić information content (AvgIpc) is 3.17. The maximum atomic E-state index is 12.5. The summed E-state index contributed by atoms with van der Waals surface area (Å²) in [5, 5.41) is 14.6. The van der Waals surface area contributed by atoms with Crippen LogP contribution in [0.2, 0.25) is 0 Å². The fraction of sp³-hybridized carbons (Fsp3) is 0.588. The van der Waals surface area contributed by atoms with Crippen LogP contribution in [-0.2, 0) is 24.8 Å². The second-order valence-corrected chi connectivity index (χ2v) is 6.90. The number of nitrogens with zero attached hydrogens (tertiary/aromatic N) is 3. The first kappa shape index (κ1) is 15.4. The van der Waals surface area contributed by atoms with Crippen LogP contribution in [-0.4, -0.2) is 32.0 Å². The van der Waals surface area contributed by atoms with Crippen molar-refractivity contribution in [2.24, 2.45) is 7.05 Å². The van der Waals surface area contributed by atoms with Gasteiger partial charge in [-0.3, -0.25) is 14.6 Å². The summed E-state index contributed by atoms with van der Waals surface area (Å²) in [6.45, 7) is 4.41. The van der Waals surface area contributed by atoms with Gasteiger partial charge in [0.1, 0.15) is 0 Å². The minimum atomic E-state index is -0.160. The summed E-state index contributed by atoms with van der Waals surface area (Å²) >= 11 is 0. The van der Waals surface area contributed by atoms with Crippen molar-refractivity contribution in [3.05, 3.63) is 34.4 Å². The van der Waals surface area contributed by atoms with Crippen LogP contribution in [0.1, 0.15) is 71.8 Å². The standard InChI is InChI=1S/C17H23N5O2/c1-9-6-13-15(10(2)24-9)19-20-16(13)17(23)18-8-12-7-14(11-4-5-11)22(3)21-12/h7,9-11H,4-6,8H2,1-3H3,(H,18,23)(H,19,20)/t9-,10+/m1/s1. The number of rotatable bonds is 4. The lowest BCUT2D eigenvalue weighted by Crippen LogP contribution is -2.27. The molecule has 7 heteroatoms. The van der Waals surface area contributed by atoms with Gasteiger partial charge < -0.3 is 10.1 Å². The number of amides is 1. The molecule has 7 nitrogen and oxygen atoms in total. The molecule has 0 radical (unpaired) electrons. The predicted octanol–water partition coefficient (Wildman–Crippen LogP) is 1.97. The molecule has 2 aliphatic rings. The van der Waals surface area contributed by atoms with Gasteiger partial charge in [0.2, 0.25) is 0 Å². The van der Waals surface area contributed by atoms with Crippen molar-refractivity contribution in [2.75, 3.05) is 0 Å². The van der Waals surface area contributed by atoms with Crippen molar-refractivity contribution in [3.63, 3.8) is 0 Å². The van der Waals surface area contributed by atoms with Crippen molar-refractivity contribution >= 4 is 5.91 Å². The first-order chi connectivity index (χ1) is 11.5. The minimum Gasteiger partial charge on any atom is -0.369 e. The van der Waals surface area contributed by atoms with Gasteiger partial charge in [-0.15, -0.1) is 0 Å². The zero-order chi connectivity index (χ0) is 16.8. The molecule has 1 saturated carbocycles. The Balaban J connectivity index is 1.46. The van der Waals surface area contributed by atoms with E-state index in [1.165, 1.54) is 18.5 Å². The molecule has 0 aromatic carbocycles. The number of aromatic nitrogens is 4. The number of aryl methyl sites for hydroxylation is 1. The van der Waals surface area contributed by atoms with E-state index in [2.05, 4.69) is 26.7 Å². The first-order valence-electron chi connectivity index (χ1n) is 8.56. The molecule has 0 spiro atoms. The Labute approximate surface area is 140 Å². The number of hydrogen-bond acceptors (Lipinski definition) is 4. The van der Waals surface area contributed by atoms with E-state index in [4.69, 9.17) is 4.74 Å². The molecule has 2 aromatic heterocycles. The van der Waals surface area contributed by atoms with E-state index in [9.17, 15) is 4.79 Å². The van der Waals surface area contributed by atoms with Gasteiger partial charge in [-0.2, -0.15) is 10.2 Å². The lowest BCUT2D eigenvalue weighted by Gasteiger charge is -2.25. The summed E-state index contributed by atoms with van der Waals surface area (Å²) in [7, 11) is 1.96. The van der Waals surface area contributed by atoms with E-state index < -0.39 is 0 Å². The largest absolute Gasteiger partial charge is 0.369 e. The molecule has 0 bridgehead atoms. The third kappa shape index (κ3) is 2.73. The maximum absolute atomic E-state index is 12.5. The van der Waals surface area contributed by atoms with E-state index >= 15 is 0 Å². The molecule has 2 N–H and O–H groups in total. The first-order valence-corrected chi connectivity index (χ1v) is 8.56. The average molecular weight is 329 g/mol. The molecule has 1 amide bonds. The molecular weight excluding hydrogens is 306 g/mol. The summed E-state index contributed by atoms with van der Waals surface area (Å²) in [4.78, 5) is 12.5. The summed E-state index contributed by atoms with van der Waals surface area (Å²) in [6, 6.07) is 2.09. The molecule has 1 fully saturated rings. The molecule has 2 atom stereocenters. The molecule has 24 heavy (non-hydrogen) atoms. The fourth-order valence-electron chi connectivity index (χ4n) is 3.51. The Morgan fingerprint density at radius 1 is 1.46 bits per heavy atom. The fourth-order valence-corrected chi connectivity index (χ4v) is 3.51. The molecule has 1 aliphatic carbocycles. The number of nitrogens with one attached hydrogen (secondary N) is 2. The Bertz CT molecular complexity index is 774. The number of ether oxygens (including phenoxy) is 1. The highest BCUT2D eigenvalue weighted by molar-refractivity contribution is 5.94. The topological polar surface area (TPSA) is 84.8 Å². The zero-order valence-electron chi connectivity index (χ0n) is 14.3. The summed E-state index contributed by atoms with van der Waals surface area (Å²) in [6.07, 6.45) is 3.21. The summed E-state index contributed by atoms with van der Waals surface area (Å²) in [5.41, 5.74) is 4.51. The van der Waals surface area contributed by atoms with Crippen LogP contribution >= 0.6 is 0 Å². The van der Waals surface area contributed by atoms with Crippen molar-refractivity contribution in [3.8, 4) is 0 Å². The highest BCUT2D eigenvalue weighted by atomic mass is 16.5. The molecule has 3 heterocycles. The summed E-state index contributed by atoms with van der Waals surface area (Å²) < 4.78 is 7.69. The second-order valence-electron chi connectivity index (χ2n) is 6.90. The quantitative estimate of drug-likeness (QED) is 0.898. The number of carbonyl (C=O) groups excluding carboxylic acids is 1. The Morgan fingerprint density at radius 2 is 2.25 bits per heavy atom. The van der Waals surface area contributed by atoms with E-state index in [0.29, 0.717) is 24.6 Å². The SMILES string of the molecule is C[C@@H]1Cc2c(C(=O)NCc3cc(C4CC4)n(C)n3)n[nH]c2[C@H](C)O1. The van der Waals surface area contributed by atoms with Gasteiger partial charge in [0, 0.05) is 30.6 Å². The van der Waals surface area contributed by atoms with Gasteiger partial charge in [0.25, 0.3) is 5.91 Å². The van der Waals surface area contributed by atoms with E-state index in [-0.39, 0.29) is 18.1 Å². The second kappa shape index (κ2) is 5.73. The third-order valence-electron chi connectivity index (χ3n) is 4.84. The molecule has 4 rings (SSSR count). The van der Waals surface area contributed by atoms with E-state index in [1.54, 1.807) is 0 Å². The number of hydrogen-bond donors (Lipinski definition) is 2. The van der Waals surface area contributed by atoms with Crippen molar-refractivity contribution < 1.29 is 9.53 Å². The normalized spacial score (nSPS) is 23.1. The molecule has 2 aromatic rings. The van der Waals surface area contributed by atoms with Crippen LogP contribution in [0.15, 0.2) is 6.07 Å². The molecule has 0 unspecified atom stereocenters. The van der Waals surface area contributed by atoms with Crippen LogP contribution in [0.25, 0.3) is 0 Å². The lowest BCUT2D eigenvalue weighted by molar-refractivity contribution is -0.00697. The minimum absolute atomic E-state index is 0.0605. The van der Waals surface area contributed by atoms with Gasteiger partial charge in [-0.1, -0.05) is 0 Å². The van der Waals surface area contributed by atoms with Gasteiger partial charge in [0.05, 0.1) is 30.1 Å².